The number of esters is 3. The maximum atomic E-state index is 13.5. The molecule has 6 heteroatoms. The summed E-state index contributed by atoms with van der Waals surface area (Å²) in [5, 5.41) is 0. The van der Waals surface area contributed by atoms with Crippen molar-refractivity contribution in [1.29, 1.82) is 0 Å². The van der Waals surface area contributed by atoms with E-state index in [9.17, 15) is 14.4 Å². The summed E-state index contributed by atoms with van der Waals surface area (Å²) in [6.45, 7) is 4.19. The number of methoxy groups -OCH3 is 3. The van der Waals surface area contributed by atoms with Gasteiger partial charge in [-0.15, -0.1) is 0 Å². The van der Waals surface area contributed by atoms with Crippen LogP contribution in [0.15, 0.2) is 0 Å². The van der Waals surface area contributed by atoms with Crippen LogP contribution in [0.25, 0.3) is 0 Å². The van der Waals surface area contributed by atoms with Crippen LogP contribution in [0.1, 0.15) is 65.2 Å². The third-order valence-corrected chi connectivity index (χ3v) is 9.46. The maximum absolute atomic E-state index is 13.5. The molecule has 4 aliphatic rings. The van der Waals surface area contributed by atoms with Crippen molar-refractivity contribution in [3.63, 3.8) is 0 Å². The van der Waals surface area contributed by atoms with E-state index in [4.69, 9.17) is 14.2 Å². The first-order valence-electron chi connectivity index (χ1n) is 10.9. The van der Waals surface area contributed by atoms with Gasteiger partial charge in [-0.1, -0.05) is 13.3 Å². The lowest BCUT2D eigenvalue weighted by Crippen LogP contribution is -2.55. The average Bonchev–Trinajstić information content (AvgIpc) is 3.14. The van der Waals surface area contributed by atoms with Gasteiger partial charge in [-0.3, -0.25) is 14.4 Å². The third kappa shape index (κ3) is 2.37. The number of rotatable bonds is 3. The van der Waals surface area contributed by atoms with Crippen LogP contribution < -0.4 is 0 Å². The molecule has 0 amide bonds. The van der Waals surface area contributed by atoms with Crippen molar-refractivity contribution in [3.05, 3.63) is 0 Å². The van der Waals surface area contributed by atoms with E-state index in [1.807, 2.05) is 6.92 Å². The minimum absolute atomic E-state index is 0.0383. The zero-order valence-electron chi connectivity index (χ0n) is 18.3. The molecule has 4 saturated carbocycles. The van der Waals surface area contributed by atoms with Gasteiger partial charge in [0, 0.05) is 5.92 Å². The van der Waals surface area contributed by atoms with E-state index in [0.29, 0.717) is 12.8 Å². The normalized spacial score (nSPS) is 47.7. The van der Waals surface area contributed by atoms with E-state index in [0.717, 1.165) is 38.5 Å². The van der Waals surface area contributed by atoms with Gasteiger partial charge in [0.1, 0.15) is 0 Å². The SMILES string of the molecule is COC(=O)[C@H]1[C@H]2[C@@](C(=O)OC)(CCC[C@@]2(C)C(=O)OC)[C@@H]2CC[C@]3(C)CC[C@@]21C3. The van der Waals surface area contributed by atoms with Crippen LogP contribution in [0, 0.1) is 39.4 Å². The topological polar surface area (TPSA) is 78.9 Å². The van der Waals surface area contributed by atoms with Crippen molar-refractivity contribution in [3.8, 4) is 0 Å². The Labute approximate surface area is 173 Å². The Kier molecular flexibility index (Phi) is 4.60. The molecule has 0 aromatic rings. The molecule has 0 aliphatic heterocycles. The fourth-order valence-corrected chi connectivity index (χ4v) is 8.59. The van der Waals surface area contributed by atoms with Gasteiger partial charge in [0.2, 0.25) is 0 Å². The number of hydrogen-bond donors (Lipinski definition) is 0. The largest absolute Gasteiger partial charge is 0.469 e. The predicted molar refractivity (Wildman–Crippen MR) is 105 cm³/mol. The second-order valence-corrected chi connectivity index (χ2v) is 10.6. The van der Waals surface area contributed by atoms with Crippen molar-refractivity contribution < 1.29 is 28.6 Å². The summed E-state index contributed by atoms with van der Waals surface area (Å²) in [6, 6.07) is 0. The molecule has 0 aromatic carbocycles. The van der Waals surface area contributed by atoms with Gasteiger partial charge < -0.3 is 14.2 Å². The van der Waals surface area contributed by atoms with Crippen molar-refractivity contribution in [1.82, 2.24) is 0 Å². The van der Waals surface area contributed by atoms with Gasteiger partial charge in [0.25, 0.3) is 0 Å². The van der Waals surface area contributed by atoms with Crippen molar-refractivity contribution in [2.24, 2.45) is 39.4 Å². The van der Waals surface area contributed by atoms with Gasteiger partial charge in [0.15, 0.2) is 0 Å². The Balaban J connectivity index is 1.99. The number of carbonyl (C=O) groups excluding carboxylic acids is 3. The summed E-state index contributed by atoms with van der Waals surface area (Å²) in [5.74, 6) is -1.78. The Morgan fingerprint density at radius 2 is 1.52 bits per heavy atom. The molecule has 0 heterocycles. The van der Waals surface area contributed by atoms with Crippen LogP contribution in [0.3, 0.4) is 0 Å². The molecule has 0 N–H and O–H groups in total. The number of hydrogen-bond acceptors (Lipinski definition) is 6. The second kappa shape index (κ2) is 6.45. The summed E-state index contributed by atoms with van der Waals surface area (Å²) in [7, 11) is 4.24. The highest BCUT2D eigenvalue weighted by Gasteiger charge is 2.79. The van der Waals surface area contributed by atoms with Crippen LogP contribution in [0.2, 0.25) is 0 Å². The first kappa shape index (κ1) is 20.7. The van der Waals surface area contributed by atoms with Crippen molar-refractivity contribution >= 4 is 17.9 Å². The molecule has 6 nitrogen and oxygen atoms in total. The fourth-order valence-electron chi connectivity index (χ4n) is 8.59. The molecule has 7 atom stereocenters. The van der Waals surface area contributed by atoms with Gasteiger partial charge in [-0.25, -0.2) is 0 Å². The van der Waals surface area contributed by atoms with Crippen LogP contribution in [-0.2, 0) is 28.6 Å². The lowest BCUT2D eigenvalue weighted by molar-refractivity contribution is -0.181. The molecule has 4 aliphatic carbocycles. The van der Waals surface area contributed by atoms with E-state index in [1.165, 1.54) is 21.3 Å². The molecule has 162 valence electrons. The summed E-state index contributed by atoms with van der Waals surface area (Å²) in [6.07, 6.45) is 6.83. The van der Waals surface area contributed by atoms with Crippen LogP contribution in [-0.4, -0.2) is 39.2 Å². The molecule has 4 fully saturated rings. The van der Waals surface area contributed by atoms with Gasteiger partial charge in [0.05, 0.1) is 38.1 Å². The minimum Gasteiger partial charge on any atom is -0.469 e. The Bertz CT molecular complexity index is 748. The second-order valence-electron chi connectivity index (χ2n) is 10.6. The molecule has 1 spiro atoms. The summed E-state index contributed by atoms with van der Waals surface area (Å²) in [4.78, 5) is 39.9. The number of ether oxygens (including phenoxy) is 3. The number of fused-ring (bicyclic) bond motifs is 3. The van der Waals surface area contributed by atoms with E-state index < -0.39 is 22.7 Å². The molecule has 0 aromatic heterocycles. The number of carbonyl (C=O) groups is 3. The molecule has 0 saturated heterocycles. The summed E-state index contributed by atoms with van der Waals surface area (Å²) < 4.78 is 16.0. The Hall–Kier alpha value is -1.59. The molecule has 0 radical (unpaired) electrons. The van der Waals surface area contributed by atoms with E-state index in [2.05, 4.69) is 6.92 Å². The smallest absolute Gasteiger partial charge is 0.312 e. The lowest BCUT2D eigenvalue weighted by Gasteiger charge is -2.50. The van der Waals surface area contributed by atoms with Crippen LogP contribution in [0.4, 0.5) is 0 Å². The highest BCUT2D eigenvalue weighted by Crippen LogP contribution is 2.79. The van der Waals surface area contributed by atoms with E-state index in [1.54, 1.807) is 0 Å². The maximum Gasteiger partial charge on any atom is 0.312 e. The first-order chi connectivity index (χ1) is 13.6. The minimum atomic E-state index is -0.912. The molecule has 0 unspecified atom stereocenters. The van der Waals surface area contributed by atoms with E-state index >= 15 is 0 Å². The van der Waals surface area contributed by atoms with Crippen LogP contribution in [0.5, 0.6) is 0 Å². The third-order valence-electron chi connectivity index (χ3n) is 9.46. The average molecular weight is 407 g/mol. The first-order valence-corrected chi connectivity index (χ1v) is 10.9. The van der Waals surface area contributed by atoms with Crippen molar-refractivity contribution in [2.45, 2.75) is 65.2 Å². The molecule has 4 rings (SSSR count). The molecule has 29 heavy (non-hydrogen) atoms. The van der Waals surface area contributed by atoms with Gasteiger partial charge in [-0.05, 0) is 68.6 Å². The quantitative estimate of drug-likeness (QED) is 0.527. The Morgan fingerprint density at radius 3 is 2.14 bits per heavy atom. The monoisotopic (exact) mass is 406 g/mol. The predicted octanol–water partition coefficient (Wildman–Crippen LogP) is 3.51. The fraction of sp³-hybridized carbons (Fsp3) is 0.870. The summed E-state index contributed by atoms with van der Waals surface area (Å²) in [5.41, 5.74) is -1.86. The van der Waals surface area contributed by atoms with Gasteiger partial charge in [-0.2, -0.15) is 0 Å². The molecular formula is C23H34O6. The highest BCUT2D eigenvalue weighted by molar-refractivity contribution is 5.87. The molecule has 2 bridgehead atoms. The summed E-state index contributed by atoms with van der Waals surface area (Å²) >= 11 is 0. The zero-order chi connectivity index (χ0) is 21.2. The standard InChI is InChI=1S/C23H34O6/c1-20-10-7-14-22(13-20,12-11-20)15(17(24)27-3)16-21(2,18(25)28-4)8-6-9-23(14,16)19(26)29-5/h14-16H,6-13H2,1-5H3/t14-,15-,16-,20-,21-,22-,23-/m1/s1. The Morgan fingerprint density at radius 1 is 0.828 bits per heavy atom. The van der Waals surface area contributed by atoms with Gasteiger partial charge >= 0.3 is 17.9 Å². The lowest BCUT2D eigenvalue weighted by atomic mass is 9.52. The zero-order valence-corrected chi connectivity index (χ0v) is 18.3. The van der Waals surface area contributed by atoms with E-state index in [-0.39, 0.29) is 34.7 Å². The van der Waals surface area contributed by atoms with Crippen molar-refractivity contribution in [2.75, 3.05) is 21.3 Å². The highest BCUT2D eigenvalue weighted by atomic mass is 16.5. The van der Waals surface area contributed by atoms with Crippen LogP contribution >= 0.6 is 0 Å². The molecular weight excluding hydrogens is 372 g/mol.